The second-order valence-electron chi connectivity index (χ2n) is 4.36. The van der Waals surface area contributed by atoms with E-state index >= 15 is 0 Å². The van der Waals surface area contributed by atoms with E-state index in [0.29, 0.717) is 16.6 Å². The van der Waals surface area contributed by atoms with Gasteiger partial charge in [-0.3, -0.25) is 4.79 Å². The molecule has 2 aromatic heterocycles. The zero-order valence-corrected chi connectivity index (χ0v) is 9.71. The van der Waals surface area contributed by atoms with Crippen molar-refractivity contribution >= 4 is 32.7 Å². The maximum Gasteiger partial charge on any atom is 0.294 e. The highest BCUT2D eigenvalue weighted by atomic mass is 16.5. The van der Waals surface area contributed by atoms with Crippen LogP contribution in [0.15, 0.2) is 56.3 Å². The summed E-state index contributed by atoms with van der Waals surface area (Å²) in [5, 5.41) is 12.1. The SMILES string of the molecule is O=c1ccc2oc3ccccc3c3coc(O)c1c23. The van der Waals surface area contributed by atoms with Crippen molar-refractivity contribution in [1.29, 1.82) is 0 Å². The summed E-state index contributed by atoms with van der Waals surface area (Å²) in [6.45, 7) is 0. The Bertz CT molecular complexity index is 991. The molecule has 0 aliphatic carbocycles. The Labute approximate surface area is 106 Å². The average Bonchev–Trinajstić information content (AvgIpc) is 2.43. The molecule has 2 heterocycles. The smallest absolute Gasteiger partial charge is 0.294 e. The zero-order valence-electron chi connectivity index (χ0n) is 9.71. The lowest BCUT2D eigenvalue weighted by Gasteiger charge is -2.07. The predicted octanol–water partition coefficient (Wildman–Crippen LogP) is 3.40. The number of fused-ring (bicyclic) bond motifs is 2. The van der Waals surface area contributed by atoms with E-state index in [1.54, 1.807) is 6.07 Å². The first-order chi connectivity index (χ1) is 9.25. The molecule has 0 spiro atoms. The van der Waals surface area contributed by atoms with E-state index in [2.05, 4.69) is 0 Å². The third kappa shape index (κ3) is 1.25. The average molecular weight is 252 g/mol. The van der Waals surface area contributed by atoms with Crippen LogP contribution in [0.5, 0.6) is 5.95 Å². The normalized spacial score (nSPS) is 11.6. The molecule has 0 bridgehead atoms. The molecular weight excluding hydrogens is 244 g/mol. The van der Waals surface area contributed by atoms with Crippen LogP contribution in [0.1, 0.15) is 0 Å². The van der Waals surface area contributed by atoms with Crippen LogP contribution < -0.4 is 5.43 Å². The minimum absolute atomic E-state index is 0.157. The Morgan fingerprint density at radius 2 is 1.74 bits per heavy atom. The van der Waals surface area contributed by atoms with Gasteiger partial charge in [-0.25, -0.2) is 0 Å². The summed E-state index contributed by atoms with van der Waals surface area (Å²) in [5.41, 5.74) is 0.968. The fourth-order valence-corrected chi connectivity index (χ4v) is 2.46. The molecular formula is C15H8O4. The van der Waals surface area contributed by atoms with Gasteiger partial charge in [-0.05, 0) is 18.2 Å². The topological polar surface area (TPSA) is 63.6 Å². The number of hydrogen-bond donors (Lipinski definition) is 1. The maximum atomic E-state index is 11.9. The molecule has 0 atom stereocenters. The van der Waals surface area contributed by atoms with Gasteiger partial charge in [-0.15, -0.1) is 0 Å². The summed E-state index contributed by atoms with van der Waals surface area (Å²) < 4.78 is 10.9. The fraction of sp³-hybridized carbons (Fsp3) is 0. The van der Waals surface area contributed by atoms with Crippen molar-refractivity contribution in [3.8, 4) is 5.95 Å². The number of hydrogen-bond acceptors (Lipinski definition) is 4. The lowest BCUT2D eigenvalue weighted by atomic mass is 10.0. The van der Waals surface area contributed by atoms with Gasteiger partial charge in [-0.2, -0.15) is 0 Å². The van der Waals surface area contributed by atoms with Gasteiger partial charge in [0.05, 0.1) is 0 Å². The standard InChI is InChI=1S/C15H8O4/c16-10-5-6-12-13-9(7-18-15(17)14(10)13)8-3-1-2-4-11(8)19-12/h1-7,17H. The molecule has 4 rings (SSSR count). The molecule has 4 heteroatoms. The molecule has 0 radical (unpaired) electrons. The Kier molecular flexibility index (Phi) is 1.82. The number of benzene rings is 2. The van der Waals surface area contributed by atoms with Crippen LogP contribution in [-0.2, 0) is 0 Å². The van der Waals surface area contributed by atoms with Crippen molar-refractivity contribution in [2.45, 2.75) is 0 Å². The van der Waals surface area contributed by atoms with Crippen LogP contribution in [0.4, 0.5) is 0 Å². The number of aromatic hydroxyl groups is 1. The summed E-state index contributed by atoms with van der Waals surface area (Å²) in [5.74, 6) is -0.381. The Morgan fingerprint density at radius 3 is 2.63 bits per heavy atom. The van der Waals surface area contributed by atoms with Crippen LogP contribution in [0.2, 0.25) is 0 Å². The Balaban J connectivity index is 2.46. The molecule has 0 aliphatic heterocycles. The molecule has 0 unspecified atom stereocenters. The quantitative estimate of drug-likeness (QED) is 0.385. The van der Waals surface area contributed by atoms with Crippen LogP contribution in [0.3, 0.4) is 0 Å². The Hall–Kier alpha value is -2.75. The van der Waals surface area contributed by atoms with E-state index in [0.717, 1.165) is 10.8 Å². The van der Waals surface area contributed by atoms with Gasteiger partial charge >= 0.3 is 0 Å². The summed E-state index contributed by atoms with van der Waals surface area (Å²) in [7, 11) is 0. The van der Waals surface area contributed by atoms with Crippen LogP contribution in [-0.4, -0.2) is 5.11 Å². The summed E-state index contributed by atoms with van der Waals surface area (Å²) in [6, 6.07) is 10.5. The molecule has 0 fully saturated rings. The molecule has 4 nitrogen and oxygen atoms in total. The highest BCUT2D eigenvalue weighted by Gasteiger charge is 2.15. The number of rotatable bonds is 0. The molecule has 1 N–H and O–H groups in total. The van der Waals surface area contributed by atoms with E-state index in [4.69, 9.17) is 8.83 Å². The summed E-state index contributed by atoms with van der Waals surface area (Å²) in [6.07, 6.45) is 1.45. The van der Waals surface area contributed by atoms with Gasteiger partial charge in [0, 0.05) is 16.2 Å². The van der Waals surface area contributed by atoms with Crippen molar-refractivity contribution in [3.63, 3.8) is 0 Å². The monoisotopic (exact) mass is 252 g/mol. The van der Waals surface area contributed by atoms with Gasteiger partial charge in [-0.1, -0.05) is 18.2 Å². The third-order valence-electron chi connectivity index (χ3n) is 3.30. The van der Waals surface area contributed by atoms with E-state index in [1.807, 2.05) is 24.3 Å². The van der Waals surface area contributed by atoms with Crippen molar-refractivity contribution in [3.05, 3.63) is 52.9 Å². The molecule has 92 valence electrons. The molecule has 0 saturated carbocycles. The van der Waals surface area contributed by atoms with Gasteiger partial charge in [0.15, 0.2) is 5.43 Å². The largest absolute Gasteiger partial charge is 0.480 e. The molecule has 0 saturated heterocycles. The van der Waals surface area contributed by atoms with Gasteiger partial charge in [0.2, 0.25) is 0 Å². The first-order valence-corrected chi connectivity index (χ1v) is 5.80. The summed E-state index contributed by atoms with van der Waals surface area (Å²) >= 11 is 0. The van der Waals surface area contributed by atoms with Crippen LogP contribution >= 0.6 is 0 Å². The lowest BCUT2D eigenvalue weighted by molar-refractivity contribution is 0.332. The second kappa shape index (κ2) is 3.38. The molecule has 4 aromatic rings. The van der Waals surface area contributed by atoms with Crippen molar-refractivity contribution in [1.82, 2.24) is 0 Å². The van der Waals surface area contributed by atoms with Crippen LogP contribution in [0, 0.1) is 0 Å². The second-order valence-corrected chi connectivity index (χ2v) is 4.36. The van der Waals surface area contributed by atoms with E-state index in [1.165, 1.54) is 12.3 Å². The lowest BCUT2D eigenvalue weighted by Crippen LogP contribution is -1.99. The minimum Gasteiger partial charge on any atom is -0.480 e. The van der Waals surface area contributed by atoms with Crippen molar-refractivity contribution in [2.75, 3.05) is 0 Å². The van der Waals surface area contributed by atoms with Gasteiger partial charge in [0.25, 0.3) is 5.95 Å². The third-order valence-corrected chi connectivity index (χ3v) is 3.30. The highest BCUT2D eigenvalue weighted by Crippen LogP contribution is 2.35. The highest BCUT2D eigenvalue weighted by molar-refractivity contribution is 6.17. The maximum absolute atomic E-state index is 11.9. The Morgan fingerprint density at radius 1 is 0.895 bits per heavy atom. The van der Waals surface area contributed by atoms with E-state index in [-0.39, 0.29) is 16.8 Å². The molecule has 2 aromatic carbocycles. The van der Waals surface area contributed by atoms with Gasteiger partial charge in [0.1, 0.15) is 22.8 Å². The van der Waals surface area contributed by atoms with E-state index in [9.17, 15) is 9.90 Å². The summed E-state index contributed by atoms with van der Waals surface area (Å²) in [4.78, 5) is 11.9. The first kappa shape index (κ1) is 10.2. The fourth-order valence-electron chi connectivity index (χ4n) is 2.46. The minimum atomic E-state index is -0.381. The predicted molar refractivity (Wildman–Crippen MR) is 71.4 cm³/mol. The van der Waals surface area contributed by atoms with Crippen molar-refractivity contribution < 1.29 is 13.9 Å². The molecule has 19 heavy (non-hydrogen) atoms. The zero-order chi connectivity index (χ0) is 13.0. The first-order valence-electron chi connectivity index (χ1n) is 5.80. The number of para-hydroxylation sites is 1. The van der Waals surface area contributed by atoms with E-state index < -0.39 is 0 Å². The molecule has 0 amide bonds. The van der Waals surface area contributed by atoms with Crippen LogP contribution in [0.25, 0.3) is 32.7 Å². The van der Waals surface area contributed by atoms with Gasteiger partial charge < -0.3 is 13.9 Å². The van der Waals surface area contributed by atoms with Crippen molar-refractivity contribution in [2.24, 2.45) is 0 Å². The molecule has 0 aliphatic rings.